The van der Waals surface area contributed by atoms with Crippen molar-refractivity contribution < 1.29 is 22.7 Å². The molecule has 9 nitrogen and oxygen atoms in total. The highest BCUT2D eigenvalue weighted by molar-refractivity contribution is 7.89. The molecular weight excluding hydrogens is 456 g/mol. The van der Waals surface area contributed by atoms with Crippen LogP contribution in [0.15, 0.2) is 83.8 Å². The summed E-state index contributed by atoms with van der Waals surface area (Å²) in [5.74, 6) is 0.630. The summed E-state index contributed by atoms with van der Waals surface area (Å²) in [4.78, 5) is 24.1. The van der Waals surface area contributed by atoms with E-state index in [0.29, 0.717) is 22.9 Å². The molecule has 0 radical (unpaired) electrons. The Morgan fingerprint density at radius 3 is 2.47 bits per heavy atom. The fourth-order valence-corrected chi connectivity index (χ4v) is 4.83. The Morgan fingerprint density at radius 1 is 0.941 bits per heavy atom. The molecule has 176 valence electrons. The molecular formula is C24H24N4O5S. The highest BCUT2D eigenvalue weighted by Gasteiger charge is 2.29. The molecule has 1 fully saturated rings. The number of rotatable bonds is 8. The van der Waals surface area contributed by atoms with Gasteiger partial charge in [-0.15, -0.1) is 0 Å². The average molecular weight is 481 g/mol. The van der Waals surface area contributed by atoms with Gasteiger partial charge in [-0.05, 0) is 42.5 Å². The number of hydrogen-bond acceptors (Lipinski definition) is 6. The standard InChI is InChI=1S/C24H24N4O5S/c29-23(27-19-7-4-10-21(14-19)33-20-8-2-1-3-9-20)16-26-18-6-5-11-22(15-18)34(31,32)28-13-12-25-24(30)17-28/h1-11,14-15,26H,12-13,16-17H2,(H,25,30)(H,27,29). The number of sulfonamides is 1. The van der Waals surface area contributed by atoms with Gasteiger partial charge in [-0.2, -0.15) is 4.31 Å². The summed E-state index contributed by atoms with van der Waals surface area (Å²) < 4.78 is 32.6. The van der Waals surface area contributed by atoms with Crippen LogP contribution in [0.2, 0.25) is 0 Å². The van der Waals surface area contributed by atoms with E-state index in [-0.39, 0.29) is 42.9 Å². The molecule has 3 aromatic rings. The molecule has 0 spiro atoms. The number of carbonyl (C=O) groups is 2. The van der Waals surface area contributed by atoms with Crippen molar-refractivity contribution in [2.45, 2.75) is 4.90 Å². The monoisotopic (exact) mass is 480 g/mol. The predicted octanol–water partition coefficient (Wildman–Crippen LogP) is 2.65. The van der Waals surface area contributed by atoms with Gasteiger partial charge < -0.3 is 20.7 Å². The Kier molecular flexibility index (Phi) is 7.09. The van der Waals surface area contributed by atoms with Crippen LogP contribution in [0.1, 0.15) is 0 Å². The first-order valence-corrected chi connectivity index (χ1v) is 12.1. The first-order chi connectivity index (χ1) is 16.4. The number of anilines is 2. The summed E-state index contributed by atoms with van der Waals surface area (Å²) in [6, 6.07) is 22.5. The number of nitrogens with zero attached hydrogens (tertiary/aromatic N) is 1. The molecule has 10 heteroatoms. The Labute approximate surface area is 197 Å². The fourth-order valence-electron chi connectivity index (χ4n) is 3.39. The molecule has 34 heavy (non-hydrogen) atoms. The summed E-state index contributed by atoms with van der Waals surface area (Å²) in [6.07, 6.45) is 0. The van der Waals surface area contributed by atoms with Crippen LogP contribution < -0.4 is 20.7 Å². The molecule has 0 aromatic heterocycles. The average Bonchev–Trinajstić information content (AvgIpc) is 2.84. The topological polar surface area (TPSA) is 117 Å². The van der Waals surface area contributed by atoms with Gasteiger partial charge in [0.1, 0.15) is 11.5 Å². The first kappa shape index (κ1) is 23.3. The normalized spacial score (nSPS) is 14.2. The third kappa shape index (κ3) is 5.91. The number of nitrogens with one attached hydrogen (secondary N) is 3. The second-order valence-corrected chi connectivity index (χ2v) is 9.50. The largest absolute Gasteiger partial charge is 0.457 e. The van der Waals surface area contributed by atoms with E-state index in [4.69, 9.17) is 4.74 Å². The van der Waals surface area contributed by atoms with Gasteiger partial charge in [0, 0.05) is 30.5 Å². The molecule has 0 saturated carbocycles. The predicted molar refractivity (Wildman–Crippen MR) is 128 cm³/mol. The van der Waals surface area contributed by atoms with Crippen LogP contribution in [0.4, 0.5) is 11.4 Å². The lowest BCUT2D eigenvalue weighted by atomic mass is 10.3. The van der Waals surface area contributed by atoms with E-state index in [0.717, 1.165) is 4.31 Å². The SMILES string of the molecule is O=C1CN(S(=O)(=O)c2cccc(NCC(=O)Nc3cccc(Oc4ccccc4)c3)c2)CCN1. The number of carbonyl (C=O) groups excluding carboxylic acids is 2. The lowest BCUT2D eigenvalue weighted by Crippen LogP contribution is -2.49. The van der Waals surface area contributed by atoms with Gasteiger partial charge in [0.15, 0.2) is 0 Å². The van der Waals surface area contributed by atoms with Gasteiger partial charge in [0.25, 0.3) is 0 Å². The third-order valence-electron chi connectivity index (χ3n) is 5.02. The maximum Gasteiger partial charge on any atom is 0.243 e. The summed E-state index contributed by atoms with van der Waals surface area (Å²) in [5.41, 5.74) is 1.04. The van der Waals surface area contributed by atoms with Crippen molar-refractivity contribution in [3.63, 3.8) is 0 Å². The summed E-state index contributed by atoms with van der Waals surface area (Å²) in [6.45, 7) is 0.198. The van der Waals surface area contributed by atoms with Crippen molar-refractivity contribution in [1.29, 1.82) is 0 Å². The minimum absolute atomic E-state index is 0.0540. The summed E-state index contributed by atoms with van der Waals surface area (Å²) in [5, 5.41) is 8.33. The van der Waals surface area contributed by atoms with E-state index in [9.17, 15) is 18.0 Å². The van der Waals surface area contributed by atoms with Gasteiger partial charge in [0.05, 0.1) is 18.0 Å². The Balaban J connectivity index is 1.35. The van der Waals surface area contributed by atoms with Gasteiger partial charge >= 0.3 is 0 Å². The molecule has 3 aromatic carbocycles. The quantitative estimate of drug-likeness (QED) is 0.456. The van der Waals surface area contributed by atoms with E-state index < -0.39 is 10.0 Å². The van der Waals surface area contributed by atoms with Crippen LogP contribution >= 0.6 is 0 Å². The van der Waals surface area contributed by atoms with Crippen molar-refractivity contribution in [2.24, 2.45) is 0 Å². The Bertz CT molecular complexity index is 1280. The second kappa shape index (κ2) is 10.4. The van der Waals surface area contributed by atoms with E-state index in [1.807, 2.05) is 30.3 Å². The Morgan fingerprint density at radius 2 is 1.68 bits per heavy atom. The summed E-state index contributed by atoms with van der Waals surface area (Å²) in [7, 11) is -3.82. The molecule has 0 aliphatic carbocycles. The first-order valence-electron chi connectivity index (χ1n) is 10.6. The van der Waals surface area contributed by atoms with Crippen LogP contribution in [0.3, 0.4) is 0 Å². The highest BCUT2D eigenvalue weighted by atomic mass is 32.2. The van der Waals surface area contributed by atoms with Crippen LogP contribution in [-0.2, 0) is 19.6 Å². The highest BCUT2D eigenvalue weighted by Crippen LogP contribution is 2.24. The molecule has 1 saturated heterocycles. The number of ether oxygens (including phenoxy) is 1. The minimum atomic E-state index is -3.82. The molecule has 1 heterocycles. The third-order valence-corrected chi connectivity index (χ3v) is 6.87. The number of para-hydroxylation sites is 1. The molecule has 1 aliphatic rings. The van der Waals surface area contributed by atoms with Crippen LogP contribution in [0, 0.1) is 0 Å². The number of piperazine rings is 1. The van der Waals surface area contributed by atoms with Crippen LogP contribution in [0.5, 0.6) is 11.5 Å². The lowest BCUT2D eigenvalue weighted by molar-refractivity contribution is -0.122. The van der Waals surface area contributed by atoms with Crippen molar-refractivity contribution in [3.05, 3.63) is 78.9 Å². The van der Waals surface area contributed by atoms with Crippen molar-refractivity contribution in [2.75, 3.05) is 36.8 Å². The second-order valence-electron chi connectivity index (χ2n) is 7.56. The van der Waals surface area contributed by atoms with Gasteiger partial charge in [-0.3, -0.25) is 9.59 Å². The zero-order chi connectivity index (χ0) is 24.0. The summed E-state index contributed by atoms with van der Waals surface area (Å²) >= 11 is 0. The van der Waals surface area contributed by atoms with Crippen molar-refractivity contribution >= 4 is 33.2 Å². The molecule has 3 N–H and O–H groups in total. The lowest BCUT2D eigenvalue weighted by Gasteiger charge is -2.26. The zero-order valence-electron chi connectivity index (χ0n) is 18.2. The van der Waals surface area contributed by atoms with Crippen molar-refractivity contribution in [1.82, 2.24) is 9.62 Å². The molecule has 0 bridgehead atoms. The molecule has 2 amide bonds. The fraction of sp³-hybridized carbons (Fsp3) is 0.167. The van der Waals surface area contributed by atoms with Crippen molar-refractivity contribution in [3.8, 4) is 11.5 Å². The maximum atomic E-state index is 12.9. The molecule has 0 unspecified atom stereocenters. The van der Waals surface area contributed by atoms with E-state index in [2.05, 4.69) is 16.0 Å². The van der Waals surface area contributed by atoms with Gasteiger partial charge in [-0.25, -0.2) is 8.42 Å². The number of amides is 2. The zero-order valence-corrected chi connectivity index (χ0v) is 19.0. The van der Waals surface area contributed by atoms with Gasteiger partial charge in [0.2, 0.25) is 21.8 Å². The Hall–Kier alpha value is -3.89. The molecule has 0 atom stereocenters. The molecule has 4 rings (SSSR count). The van der Waals surface area contributed by atoms with E-state index in [1.165, 1.54) is 12.1 Å². The smallest absolute Gasteiger partial charge is 0.243 e. The van der Waals surface area contributed by atoms with E-state index >= 15 is 0 Å². The molecule has 1 aliphatic heterocycles. The maximum absolute atomic E-state index is 12.9. The van der Waals surface area contributed by atoms with Crippen LogP contribution in [0.25, 0.3) is 0 Å². The van der Waals surface area contributed by atoms with E-state index in [1.54, 1.807) is 36.4 Å². The number of benzene rings is 3. The minimum Gasteiger partial charge on any atom is -0.457 e. The van der Waals surface area contributed by atoms with Gasteiger partial charge in [-0.1, -0.05) is 30.3 Å². The number of hydrogen-bond donors (Lipinski definition) is 3. The van der Waals surface area contributed by atoms with Crippen LogP contribution in [-0.4, -0.2) is 50.7 Å².